The molecule has 0 N–H and O–H groups in total. The van der Waals surface area contributed by atoms with Gasteiger partial charge >= 0.3 is 5.63 Å². The van der Waals surface area contributed by atoms with Crippen molar-refractivity contribution >= 4 is 0 Å². The van der Waals surface area contributed by atoms with Crippen LogP contribution in [-0.2, 0) is 6.42 Å². The molecule has 4 nitrogen and oxygen atoms in total. The fraction of sp³-hybridized carbons (Fsp3) is 0.478. The molecular formula is C23H25NO3. The van der Waals surface area contributed by atoms with E-state index in [1.165, 1.54) is 24.8 Å². The minimum Gasteiger partial charge on any atom is -0.481 e. The van der Waals surface area contributed by atoms with E-state index in [4.69, 9.17) is 9.15 Å². The molecule has 2 aromatic rings. The number of aromatic nitrogens is 1. The molecule has 2 aromatic heterocycles. The molecule has 1 fully saturated rings. The summed E-state index contributed by atoms with van der Waals surface area (Å²) in [5.41, 5.74) is 2.10. The average molecular weight is 363 g/mol. The van der Waals surface area contributed by atoms with Gasteiger partial charge in [0.05, 0.1) is 5.56 Å². The normalized spacial score (nSPS) is 31.8. The maximum absolute atomic E-state index is 12.8. The Hall–Kier alpha value is -2.36. The van der Waals surface area contributed by atoms with E-state index in [-0.39, 0.29) is 11.0 Å². The highest BCUT2D eigenvalue weighted by Crippen LogP contribution is 2.60. The van der Waals surface area contributed by atoms with E-state index in [0.717, 1.165) is 18.4 Å². The van der Waals surface area contributed by atoms with E-state index in [1.54, 1.807) is 12.4 Å². The van der Waals surface area contributed by atoms with Gasteiger partial charge in [-0.25, -0.2) is 4.79 Å². The van der Waals surface area contributed by atoms with E-state index in [9.17, 15) is 4.79 Å². The third-order valence-corrected chi connectivity index (χ3v) is 7.33. The zero-order valence-electron chi connectivity index (χ0n) is 16.0. The van der Waals surface area contributed by atoms with Crippen LogP contribution in [-0.4, -0.2) is 10.6 Å². The third-order valence-electron chi connectivity index (χ3n) is 7.33. The van der Waals surface area contributed by atoms with Crippen LogP contribution in [0.15, 0.2) is 51.5 Å². The van der Waals surface area contributed by atoms with Crippen molar-refractivity contribution < 1.29 is 9.15 Å². The van der Waals surface area contributed by atoms with Crippen molar-refractivity contribution in [2.45, 2.75) is 58.0 Å². The summed E-state index contributed by atoms with van der Waals surface area (Å²) >= 11 is 0. The second kappa shape index (κ2) is 5.82. The van der Waals surface area contributed by atoms with Crippen molar-refractivity contribution in [1.29, 1.82) is 0 Å². The molecule has 4 heteroatoms. The lowest BCUT2D eigenvalue weighted by Crippen LogP contribution is -2.58. The van der Waals surface area contributed by atoms with Crippen LogP contribution in [0.5, 0.6) is 5.75 Å². The first kappa shape index (κ1) is 16.8. The van der Waals surface area contributed by atoms with Crippen LogP contribution in [0.1, 0.15) is 51.5 Å². The number of nitrogens with zero attached hydrogens (tertiary/aromatic N) is 1. The lowest BCUT2D eigenvalue weighted by atomic mass is 9.52. The minimum atomic E-state index is -0.416. The molecule has 2 aliphatic carbocycles. The Bertz CT molecular complexity index is 977. The smallest absolute Gasteiger partial charge is 0.343 e. The van der Waals surface area contributed by atoms with Gasteiger partial charge in [-0.2, -0.15) is 0 Å². The molecule has 3 aliphatic rings. The van der Waals surface area contributed by atoms with Crippen molar-refractivity contribution in [3.63, 3.8) is 0 Å². The number of pyridine rings is 1. The molecule has 0 bridgehead atoms. The molecule has 140 valence electrons. The monoisotopic (exact) mass is 363 g/mol. The van der Waals surface area contributed by atoms with Crippen LogP contribution >= 0.6 is 0 Å². The van der Waals surface area contributed by atoms with E-state index < -0.39 is 5.60 Å². The summed E-state index contributed by atoms with van der Waals surface area (Å²) < 4.78 is 12.4. The zero-order valence-corrected chi connectivity index (χ0v) is 16.0. The molecule has 0 aromatic carbocycles. The van der Waals surface area contributed by atoms with Gasteiger partial charge in [-0.1, -0.05) is 25.8 Å². The van der Waals surface area contributed by atoms with Gasteiger partial charge in [0.2, 0.25) is 0 Å². The lowest BCUT2D eigenvalue weighted by molar-refractivity contribution is -0.0749. The molecule has 0 amide bonds. The van der Waals surface area contributed by atoms with E-state index >= 15 is 0 Å². The Morgan fingerprint density at radius 2 is 2.19 bits per heavy atom. The molecule has 1 saturated carbocycles. The highest BCUT2D eigenvalue weighted by atomic mass is 16.5. The standard InChI is InChI=1S/C23H25NO3/c1-15-8-9-17-7-3-4-10-22(17,2)23(15)13-18-20(27-23)12-19(26-21(18)25)16-6-5-11-24-14-16/h5-6,8,11-12,14,17H,3-4,7,9-10,13H2,1-2H3/t17-,22+,23-/m0/s1. The number of rotatable bonds is 1. The Kier molecular flexibility index (Phi) is 3.62. The first-order valence-corrected chi connectivity index (χ1v) is 9.97. The summed E-state index contributed by atoms with van der Waals surface area (Å²) in [6, 6.07) is 5.62. The minimum absolute atomic E-state index is 0.0595. The summed E-state index contributed by atoms with van der Waals surface area (Å²) in [5, 5.41) is 0. The fourth-order valence-corrected chi connectivity index (χ4v) is 5.66. The van der Waals surface area contributed by atoms with Gasteiger partial charge in [-0.3, -0.25) is 4.98 Å². The van der Waals surface area contributed by atoms with E-state index in [1.807, 2.05) is 18.2 Å². The van der Waals surface area contributed by atoms with Crippen LogP contribution in [0.25, 0.3) is 11.3 Å². The second-order valence-corrected chi connectivity index (χ2v) is 8.57. The largest absolute Gasteiger partial charge is 0.481 e. The zero-order chi connectivity index (χ0) is 18.6. The molecule has 27 heavy (non-hydrogen) atoms. The van der Waals surface area contributed by atoms with Gasteiger partial charge in [-0.15, -0.1) is 0 Å². The van der Waals surface area contributed by atoms with Gasteiger partial charge in [-0.05, 0) is 49.8 Å². The maximum atomic E-state index is 12.8. The summed E-state index contributed by atoms with van der Waals surface area (Å²) in [6.07, 6.45) is 12.4. The van der Waals surface area contributed by atoms with E-state index in [0.29, 0.717) is 29.4 Å². The molecule has 5 rings (SSSR count). The van der Waals surface area contributed by atoms with Crippen LogP contribution in [0.4, 0.5) is 0 Å². The quantitative estimate of drug-likeness (QED) is 0.675. The first-order valence-electron chi connectivity index (χ1n) is 9.97. The van der Waals surface area contributed by atoms with Crippen molar-refractivity contribution in [2.24, 2.45) is 11.3 Å². The van der Waals surface area contributed by atoms with Crippen molar-refractivity contribution in [3.05, 3.63) is 58.2 Å². The van der Waals surface area contributed by atoms with Gasteiger partial charge in [0.25, 0.3) is 0 Å². The van der Waals surface area contributed by atoms with Gasteiger partial charge in [0, 0.05) is 35.9 Å². The van der Waals surface area contributed by atoms with Crippen LogP contribution in [0.2, 0.25) is 0 Å². The molecule has 0 radical (unpaired) electrons. The predicted molar refractivity (Wildman–Crippen MR) is 104 cm³/mol. The SMILES string of the molecule is CC1=CC[C@@H]2CCCC[C@@]2(C)[C@]12Cc1c(cc(-c3cccnc3)oc1=O)O2. The predicted octanol–water partition coefficient (Wildman–Crippen LogP) is 4.92. The Labute approximate surface area is 159 Å². The number of hydrogen-bond donors (Lipinski definition) is 0. The van der Waals surface area contributed by atoms with Crippen LogP contribution in [0, 0.1) is 11.3 Å². The summed E-state index contributed by atoms with van der Waals surface area (Å²) in [7, 11) is 0. The third kappa shape index (κ3) is 2.28. The number of ether oxygens (including phenoxy) is 1. The van der Waals surface area contributed by atoms with Crippen molar-refractivity contribution in [3.8, 4) is 17.1 Å². The lowest BCUT2D eigenvalue weighted by Gasteiger charge is -2.55. The van der Waals surface area contributed by atoms with Crippen LogP contribution in [0.3, 0.4) is 0 Å². The summed E-state index contributed by atoms with van der Waals surface area (Å²) in [5.74, 6) is 1.83. The summed E-state index contributed by atoms with van der Waals surface area (Å²) in [6.45, 7) is 4.55. The van der Waals surface area contributed by atoms with Gasteiger partial charge in [0.15, 0.2) is 0 Å². The van der Waals surface area contributed by atoms with Gasteiger partial charge in [0.1, 0.15) is 17.1 Å². The van der Waals surface area contributed by atoms with Crippen LogP contribution < -0.4 is 10.4 Å². The Balaban J connectivity index is 1.62. The van der Waals surface area contributed by atoms with E-state index in [2.05, 4.69) is 24.9 Å². The molecule has 1 spiro atoms. The molecule has 3 heterocycles. The summed E-state index contributed by atoms with van der Waals surface area (Å²) in [4.78, 5) is 16.9. The Morgan fingerprint density at radius 1 is 1.30 bits per heavy atom. The molecule has 0 unspecified atom stereocenters. The highest BCUT2D eigenvalue weighted by Gasteiger charge is 2.60. The molecule has 3 atom stereocenters. The fourth-order valence-electron chi connectivity index (χ4n) is 5.66. The average Bonchev–Trinajstić information content (AvgIpc) is 3.09. The molecule has 1 aliphatic heterocycles. The topological polar surface area (TPSA) is 52.3 Å². The maximum Gasteiger partial charge on any atom is 0.343 e. The number of hydrogen-bond acceptors (Lipinski definition) is 4. The number of allylic oxidation sites excluding steroid dienone is 1. The van der Waals surface area contributed by atoms with Crippen molar-refractivity contribution in [1.82, 2.24) is 4.98 Å². The first-order chi connectivity index (χ1) is 13.0. The van der Waals surface area contributed by atoms with Crippen molar-refractivity contribution in [2.75, 3.05) is 0 Å². The Morgan fingerprint density at radius 3 is 3.00 bits per heavy atom. The number of fused-ring (bicyclic) bond motifs is 3. The second-order valence-electron chi connectivity index (χ2n) is 8.57. The highest BCUT2D eigenvalue weighted by molar-refractivity contribution is 5.59. The molecular weight excluding hydrogens is 338 g/mol. The molecule has 0 saturated heterocycles. The van der Waals surface area contributed by atoms with Gasteiger partial charge < -0.3 is 9.15 Å².